The van der Waals surface area contributed by atoms with Gasteiger partial charge in [0.15, 0.2) is 0 Å². The fraction of sp³-hybridized carbons (Fsp3) is 0.421. The molecule has 0 bridgehead atoms. The molecule has 0 spiro atoms. The summed E-state index contributed by atoms with van der Waals surface area (Å²) in [4.78, 5) is 12.1. The summed E-state index contributed by atoms with van der Waals surface area (Å²) in [5.41, 5.74) is -0.667. The predicted molar refractivity (Wildman–Crippen MR) is 95.3 cm³/mol. The molecule has 1 aromatic carbocycles. The van der Waals surface area contributed by atoms with Crippen LogP contribution in [0, 0.1) is 0 Å². The lowest BCUT2D eigenvalue weighted by molar-refractivity contribution is 0.170. The summed E-state index contributed by atoms with van der Waals surface area (Å²) in [6.07, 6.45) is 2.68. The van der Waals surface area contributed by atoms with Crippen molar-refractivity contribution in [2.24, 2.45) is 0 Å². The molecule has 1 aromatic heterocycles. The van der Waals surface area contributed by atoms with Gasteiger partial charge in [-0.25, -0.2) is 4.79 Å². The van der Waals surface area contributed by atoms with Crippen LogP contribution >= 0.6 is 0 Å². The van der Waals surface area contributed by atoms with E-state index < -0.39 is 17.8 Å². The van der Waals surface area contributed by atoms with Crippen molar-refractivity contribution in [3.8, 4) is 11.5 Å². The molecule has 1 saturated heterocycles. The van der Waals surface area contributed by atoms with Gasteiger partial charge in [0, 0.05) is 24.3 Å². The molecule has 3 N–H and O–H groups in total. The average molecular weight is 362 g/mol. The van der Waals surface area contributed by atoms with Gasteiger partial charge in [0.25, 0.3) is 0 Å². The molecule has 0 saturated carbocycles. The van der Waals surface area contributed by atoms with Crippen LogP contribution in [0.4, 0.5) is 0 Å². The molecule has 140 valence electrons. The van der Waals surface area contributed by atoms with Gasteiger partial charge in [-0.05, 0) is 25.1 Å². The number of methoxy groups -OCH3 is 1. The van der Waals surface area contributed by atoms with Crippen LogP contribution in [0.3, 0.4) is 0 Å². The van der Waals surface area contributed by atoms with Gasteiger partial charge < -0.3 is 29.2 Å². The third-order valence-electron chi connectivity index (χ3n) is 4.29. The number of rotatable bonds is 7. The minimum absolute atomic E-state index is 0.0212. The zero-order chi connectivity index (χ0) is 18.8. The minimum atomic E-state index is -0.765. The summed E-state index contributed by atoms with van der Waals surface area (Å²) in [6.45, 7) is 1.70. The maximum atomic E-state index is 12.1. The van der Waals surface area contributed by atoms with Crippen molar-refractivity contribution in [2.75, 3.05) is 7.11 Å². The molecule has 1 fully saturated rings. The van der Waals surface area contributed by atoms with Gasteiger partial charge in [-0.1, -0.05) is 6.08 Å². The van der Waals surface area contributed by atoms with Crippen LogP contribution in [-0.4, -0.2) is 46.8 Å². The van der Waals surface area contributed by atoms with Crippen LogP contribution in [0.25, 0.3) is 16.8 Å². The number of benzene rings is 1. The number of aromatic hydroxyl groups is 1. The highest BCUT2D eigenvalue weighted by molar-refractivity contribution is 5.89. The van der Waals surface area contributed by atoms with E-state index in [0.717, 1.165) is 0 Å². The summed E-state index contributed by atoms with van der Waals surface area (Å²) in [7, 11) is 1.47. The van der Waals surface area contributed by atoms with Crippen molar-refractivity contribution < 1.29 is 29.2 Å². The summed E-state index contributed by atoms with van der Waals surface area (Å²) in [5.74, 6) is 0.468. The van der Waals surface area contributed by atoms with Gasteiger partial charge in [-0.15, -0.1) is 0 Å². The molecule has 2 heterocycles. The number of fused-ring (bicyclic) bond motifs is 1. The Morgan fingerprint density at radius 2 is 1.96 bits per heavy atom. The van der Waals surface area contributed by atoms with Crippen molar-refractivity contribution in [3.05, 3.63) is 40.5 Å². The summed E-state index contributed by atoms with van der Waals surface area (Å²) >= 11 is 0. The lowest BCUT2D eigenvalue weighted by atomic mass is 10.1. The first-order valence-electron chi connectivity index (χ1n) is 8.42. The van der Waals surface area contributed by atoms with Gasteiger partial charge in [0.1, 0.15) is 22.6 Å². The number of hydrogen-bond acceptors (Lipinski definition) is 7. The van der Waals surface area contributed by atoms with E-state index in [4.69, 9.17) is 13.9 Å². The molecule has 7 nitrogen and oxygen atoms in total. The molecule has 1 aliphatic rings. The number of phenols is 1. The first-order valence-corrected chi connectivity index (χ1v) is 8.42. The van der Waals surface area contributed by atoms with E-state index in [2.05, 4.69) is 0 Å². The number of epoxide rings is 1. The average Bonchev–Trinajstić information content (AvgIpc) is 3.28. The molecule has 3 rings (SSSR count). The zero-order valence-electron chi connectivity index (χ0n) is 14.6. The van der Waals surface area contributed by atoms with Crippen molar-refractivity contribution in [3.63, 3.8) is 0 Å². The second kappa shape index (κ2) is 7.49. The largest absolute Gasteiger partial charge is 0.507 e. The fourth-order valence-electron chi connectivity index (χ4n) is 2.95. The standard InChI is InChI=1S/C19H22O7/c1-10(20)5-16-17(26-16)8-12(21)3-4-13-6-11-7-14(24-2)9-15(22)18(11)19(23)25-13/h3-4,6-7,9-10,12,16-17,20-22H,5,8H2,1-2H3/b4-3+/t10-,12-,16-,17-/m1/s1. The van der Waals surface area contributed by atoms with E-state index in [1.807, 2.05) is 0 Å². The van der Waals surface area contributed by atoms with Crippen molar-refractivity contribution in [1.29, 1.82) is 0 Å². The minimum Gasteiger partial charge on any atom is -0.507 e. The molecule has 0 radical (unpaired) electrons. The smallest absolute Gasteiger partial charge is 0.347 e. The Balaban J connectivity index is 1.72. The highest BCUT2D eigenvalue weighted by Gasteiger charge is 2.39. The second-order valence-electron chi connectivity index (χ2n) is 6.51. The number of aliphatic hydroxyl groups is 2. The molecule has 0 amide bonds. The van der Waals surface area contributed by atoms with E-state index in [1.54, 1.807) is 19.1 Å². The third-order valence-corrected chi connectivity index (χ3v) is 4.29. The quantitative estimate of drug-likeness (QED) is 0.644. The molecule has 26 heavy (non-hydrogen) atoms. The van der Waals surface area contributed by atoms with Gasteiger partial charge in [0.2, 0.25) is 0 Å². The Morgan fingerprint density at radius 3 is 2.65 bits per heavy atom. The SMILES string of the molecule is COc1cc(O)c2c(=O)oc(/C=C/[C@@H](O)C[C@H]3O[C@@H]3C[C@@H](C)O)cc2c1. The molecule has 1 aliphatic heterocycles. The molecule has 0 aliphatic carbocycles. The van der Waals surface area contributed by atoms with Crippen LogP contribution in [0.15, 0.2) is 33.5 Å². The third kappa shape index (κ3) is 4.24. The van der Waals surface area contributed by atoms with E-state index in [-0.39, 0.29) is 29.1 Å². The molecule has 0 unspecified atom stereocenters. The highest BCUT2D eigenvalue weighted by Crippen LogP contribution is 2.31. The van der Waals surface area contributed by atoms with E-state index in [9.17, 15) is 20.1 Å². The van der Waals surface area contributed by atoms with Gasteiger partial charge in [0.05, 0.1) is 31.5 Å². The van der Waals surface area contributed by atoms with Gasteiger partial charge in [-0.2, -0.15) is 0 Å². The van der Waals surface area contributed by atoms with Crippen LogP contribution in [0.5, 0.6) is 11.5 Å². The zero-order valence-corrected chi connectivity index (χ0v) is 14.6. The first-order chi connectivity index (χ1) is 12.4. The Kier molecular flexibility index (Phi) is 5.31. The monoisotopic (exact) mass is 362 g/mol. The molecule has 7 heteroatoms. The summed E-state index contributed by atoms with van der Waals surface area (Å²) in [6, 6.07) is 4.56. The Morgan fingerprint density at radius 1 is 1.23 bits per heavy atom. The number of phenolic OH excluding ortho intramolecular Hbond substituents is 1. The number of hydrogen-bond donors (Lipinski definition) is 3. The van der Waals surface area contributed by atoms with Crippen LogP contribution in [0.2, 0.25) is 0 Å². The summed E-state index contributed by atoms with van der Waals surface area (Å²) < 4.78 is 15.7. The highest BCUT2D eigenvalue weighted by atomic mass is 16.6. The molecular weight excluding hydrogens is 340 g/mol. The van der Waals surface area contributed by atoms with Crippen molar-refractivity contribution in [2.45, 2.75) is 44.2 Å². The maximum absolute atomic E-state index is 12.1. The Bertz CT molecular complexity index is 868. The van der Waals surface area contributed by atoms with Crippen LogP contribution < -0.4 is 10.4 Å². The Labute approximate surface area is 150 Å². The van der Waals surface area contributed by atoms with Crippen molar-refractivity contribution in [1.82, 2.24) is 0 Å². The van der Waals surface area contributed by atoms with Crippen molar-refractivity contribution >= 4 is 16.8 Å². The lowest BCUT2D eigenvalue weighted by Crippen LogP contribution is -2.11. The van der Waals surface area contributed by atoms with Crippen LogP contribution in [-0.2, 0) is 4.74 Å². The molecular formula is C19H22O7. The van der Waals surface area contributed by atoms with E-state index >= 15 is 0 Å². The first kappa shape index (κ1) is 18.4. The normalized spacial score (nSPS) is 21.8. The fourth-order valence-corrected chi connectivity index (χ4v) is 2.95. The Hall–Kier alpha value is -2.35. The topological polar surface area (TPSA) is 113 Å². The van der Waals surface area contributed by atoms with Gasteiger partial charge in [-0.3, -0.25) is 0 Å². The number of ether oxygens (including phenoxy) is 2. The maximum Gasteiger partial charge on any atom is 0.347 e. The van der Waals surface area contributed by atoms with Crippen LogP contribution in [0.1, 0.15) is 25.5 Å². The van der Waals surface area contributed by atoms with E-state index in [1.165, 1.54) is 25.3 Å². The molecule has 2 aromatic rings. The lowest BCUT2D eigenvalue weighted by Gasteiger charge is -2.06. The van der Waals surface area contributed by atoms with Gasteiger partial charge >= 0.3 is 5.63 Å². The number of aliphatic hydroxyl groups excluding tert-OH is 2. The summed E-state index contributed by atoms with van der Waals surface area (Å²) in [5, 5.41) is 29.9. The van der Waals surface area contributed by atoms with E-state index in [0.29, 0.717) is 24.0 Å². The molecule has 4 atom stereocenters. The predicted octanol–water partition coefficient (Wildman–Crippen LogP) is 1.81. The second-order valence-corrected chi connectivity index (χ2v) is 6.51.